The van der Waals surface area contributed by atoms with Gasteiger partial charge < -0.3 is 10.2 Å². The number of carboxylic acid groups (broad SMARTS) is 2. The first-order valence-corrected chi connectivity index (χ1v) is 4.86. The van der Waals surface area contributed by atoms with E-state index < -0.39 is 17.4 Å². The van der Waals surface area contributed by atoms with Gasteiger partial charge in [0.05, 0.1) is 11.6 Å². The highest BCUT2D eigenvalue weighted by Crippen LogP contribution is 2.23. The Balaban J connectivity index is 2.99. The minimum atomic E-state index is -1.85. The molecule has 0 spiro atoms. The van der Waals surface area contributed by atoms with Gasteiger partial charge in [0.15, 0.2) is 5.41 Å². The van der Waals surface area contributed by atoms with Gasteiger partial charge in [-0.2, -0.15) is 5.26 Å². The standard InChI is InChI=1S/C12H11NO4/c1-12(10(14)15,11(16)17)6-8-2-4-9(7-13)5-3-8/h2-5H,6H2,1H3,(H,14,15)(H,16,17). The van der Waals surface area contributed by atoms with Gasteiger partial charge >= 0.3 is 11.9 Å². The molecule has 1 rings (SSSR count). The van der Waals surface area contributed by atoms with Crippen molar-refractivity contribution in [3.63, 3.8) is 0 Å². The van der Waals surface area contributed by atoms with Crippen molar-refractivity contribution in [3.05, 3.63) is 35.4 Å². The highest BCUT2D eigenvalue weighted by molar-refractivity contribution is 5.98. The van der Waals surface area contributed by atoms with Crippen LogP contribution in [-0.2, 0) is 16.0 Å². The van der Waals surface area contributed by atoms with Gasteiger partial charge in [-0.1, -0.05) is 12.1 Å². The monoisotopic (exact) mass is 233 g/mol. The third-order valence-electron chi connectivity index (χ3n) is 2.58. The van der Waals surface area contributed by atoms with Crippen LogP contribution in [0.2, 0.25) is 0 Å². The van der Waals surface area contributed by atoms with Crippen LogP contribution < -0.4 is 0 Å². The first-order chi connectivity index (χ1) is 7.90. The van der Waals surface area contributed by atoms with Crippen molar-refractivity contribution < 1.29 is 19.8 Å². The molecular weight excluding hydrogens is 222 g/mol. The van der Waals surface area contributed by atoms with Gasteiger partial charge in [0, 0.05) is 0 Å². The van der Waals surface area contributed by atoms with Gasteiger partial charge in [-0.15, -0.1) is 0 Å². The third kappa shape index (κ3) is 2.61. The summed E-state index contributed by atoms with van der Waals surface area (Å²) in [7, 11) is 0. The van der Waals surface area contributed by atoms with Crippen molar-refractivity contribution in [2.24, 2.45) is 5.41 Å². The first kappa shape index (κ1) is 12.7. The molecule has 0 fully saturated rings. The van der Waals surface area contributed by atoms with E-state index in [1.165, 1.54) is 12.1 Å². The molecule has 5 nitrogen and oxygen atoms in total. The fourth-order valence-electron chi connectivity index (χ4n) is 1.35. The molecule has 0 heterocycles. The molecule has 0 radical (unpaired) electrons. The Kier molecular flexibility index (Phi) is 3.49. The maximum atomic E-state index is 11.0. The van der Waals surface area contributed by atoms with E-state index in [2.05, 4.69) is 0 Å². The van der Waals surface area contributed by atoms with Crippen molar-refractivity contribution in [3.8, 4) is 6.07 Å². The molecule has 0 bridgehead atoms. The Morgan fingerprint density at radius 1 is 1.24 bits per heavy atom. The summed E-state index contributed by atoms with van der Waals surface area (Å²) >= 11 is 0. The molecule has 2 N–H and O–H groups in total. The molecule has 0 aromatic heterocycles. The van der Waals surface area contributed by atoms with Crippen LogP contribution in [0, 0.1) is 16.7 Å². The van der Waals surface area contributed by atoms with E-state index in [1.54, 1.807) is 12.1 Å². The fourth-order valence-corrected chi connectivity index (χ4v) is 1.35. The summed E-state index contributed by atoms with van der Waals surface area (Å²) in [5.41, 5.74) is -0.842. The number of hydrogen-bond donors (Lipinski definition) is 2. The zero-order valence-electron chi connectivity index (χ0n) is 9.17. The highest BCUT2D eigenvalue weighted by Gasteiger charge is 2.41. The van der Waals surface area contributed by atoms with Crippen LogP contribution in [0.5, 0.6) is 0 Å². The van der Waals surface area contributed by atoms with Crippen molar-refractivity contribution in [1.29, 1.82) is 5.26 Å². The third-order valence-corrected chi connectivity index (χ3v) is 2.58. The van der Waals surface area contributed by atoms with E-state index in [4.69, 9.17) is 15.5 Å². The summed E-state index contributed by atoms with van der Waals surface area (Å²) in [5, 5.41) is 26.5. The smallest absolute Gasteiger partial charge is 0.321 e. The van der Waals surface area contributed by atoms with Crippen LogP contribution in [0.1, 0.15) is 18.1 Å². The van der Waals surface area contributed by atoms with Gasteiger partial charge in [0.2, 0.25) is 0 Å². The molecule has 0 aliphatic rings. The summed E-state index contributed by atoms with van der Waals surface area (Å²) < 4.78 is 0. The quantitative estimate of drug-likeness (QED) is 0.763. The molecule has 0 saturated carbocycles. The Hall–Kier alpha value is -2.35. The van der Waals surface area contributed by atoms with E-state index in [0.29, 0.717) is 11.1 Å². The molecule has 0 aliphatic carbocycles. The lowest BCUT2D eigenvalue weighted by Gasteiger charge is -2.19. The van der Waals surface area contributed by atoms with Gasteiger partial charge in [-0.3, -0.25) is 9.59 Å². The molecule has 88 valence electrons. The topological polar surface area (TPSA) is 98.4 Å². The summed E-state index contributed by atoms with van der Waals surface area (Å²) in [4.78, 5) is 21.9. The Morgan fingerprint density at radius 2 is 1.71 bits per heavy atom. The van der Waals surface area contributed by atoms with Gasteiger partial charge in [0.1, 0.15) is 0 Å². The fraction of sp³-hybridized carbons (Fsp3) is 0.250. The minimum absolute atomic E-state index is 0.122. The predicted octanol–water partition coefficient (Wildman–Crippen LogP) is 1.28. The number of nitriles is 1. The molecule has 0 amide bonds. The van der Waals surface area contributed by atoms with Crippen molar-refractivity contribution in [2.45, 2.75) is 13.3 Å². The largest absolute Gasteiger partial charge is 0.480 e. The van der Waals surface area contributed by atoms with Crippen molar-refractivity contribution in [1.82, 2.24) is 0 Å². The molecule has 17 heavy (non-hydrogen) atoms. The van der Waals surface area contributed by atoms with Crippen LogP contribution in [0.15, 0.2) is 24.3 Å². The van der Waals surface area contributed by atoms with E-state index in [0.717, 1.165) is 6.92 Å². The maximum absolute atomic E-state index is 11.0. The zero-order chi connectivity index (χ0) is 13.1. The van der Waals surface area contributed by atoms with Crippen molar-refractivity contribution >= 4 is 11.9 Å². The number of carbonyl (C=O) groups is 2. The number of aliphatic carboxylic acids is 2. The van der Waals surface area contributed by atoms with E-state index >= 15 is 0 Å². The SMILES string of the molecule is CC(Cc1ccc(C#N)cc1)(C(=O)O)C(=O)O. The summed E-state index contributed by atoms with van der Waals surface area (Å²) in [6.45, 7) is 1.16. The van der Waals surface area contributed by atoms with Crippen LogP contribution in [0.25, 0.3) is 0 Å². The van der Waals surface area contributed by atoms with Crippen LogP contribution in [0.3, 0.4) is 0 Å². The summed E-state index contributed by atoms with van der Waals surface area (Å²) in [5.74, 6) is -2.76. The van der Waals surface area contributed by atoms with E-state index in [9.17, 15) is 9.59 Å². The second-order valence-corrected chi connectivity index (χ2v) is 3.93. The Morgan fingerprint density at radius 3 is 2.06 bits per heavy atom. The molecule has 1 aromatic rings. The second-order valence-electron chi connectivity index (χ2n) is 3.93. The van der Waals surface area contributed by atoms with E-state index in [-0.39, 0.29) is 6.42 Å². The number of carboxylic acids is 2. The van der Waals surface area contributed by atoms with Crippen molar-refractivity contribution in [2.75, 3.05) is 0 Å². The van der Waals surface area contributed by atoms with Crippen LogP contribution in [0.4, 0.5) is 0 Å². The van der Waals surface area contributed by atoms with Gasteiger partial charge in [-0.25, -0.2) is 0 Å². The average molecular weight is 233 g/mol. The number of rotatable bonds is 4. The number of benzene rings is 1. The van der Waals surface area contributed by atoms with Crippen LogP contribution >= 0.6 is 0 Å². The first-order valence-electron chi connectivity index (χ1n) is 4.86. The van der Waals surface area contributed by atoms with Gasteiger partial charge in [-0.05, 0) is 31.0 Å². The Labute approximate surface area is 97.9 Å². The summed E-state index contributed by atoms with van der Waals surface area (Å²) in [6.07, 6.45) is -0.122. The molecule has 1 aromatic carbocycles. The lowest BCUT2D eigenvalue weighted by Crippen LogP contribution is -2.38. The molecule has 0 unspecified atom stereocenters. The molecule has 0 saturated heterocycles. The van der Waals surface area contributed by atoms with Crippen LogP contribution in [-0.4, -0.2) is 22.2 Å². The van der Waals surface area contributed by atoms with E-state index in [1.807, 2.05) is 6.07 Å². The normalized spacial score (nSPS) is 10.6. The molecule has 5 heteroatoms. The average Bonchev–Trinajstić information content (AvgIpc) is 2.29. The summed E-state index contributed by atoms with van der Waals surface area (Å²) in [6, 6.07) is 8.10. The number of hydrogen-bond acceptors (Lipinski definition) is 3. The highest BCUT2D eigenvalue weighted by atomic mass is 16.4. The zero-order valence-corrected chi connectivity index (χ0v) is 9.17. The van der Waals surface area contributed by atoms with Gasteiger partial charge in [0.25, 0.3) is 0 Å². The second kappa shape index (κ2) is 4.66. The maximum Gasteiger partial charge on any atom is 0.321 e. The lowest BCUT2D eigenvalue weighted by molar-refractivity contribution is -0.163. The molecule has 0 aliphatic heterocycles. The lowest BCUT2D eigenvalue weighted by atomic mass is 9.83. The predicted molar refractivity (Wildman–Crippen MR) is 58.2 cm³/mol. The Bertz CT molecular complexity index is 470. The molecule has 0 atom stereocenters. The minimum Gasteiger partial charge on any atom is -0.480 e. The molecular formula is C12H11NO4. The number of nitrogens with zero attached hydrogens (tertiary/aromatic N) is 1.